The average Bonchev–Trinajstić information content (AvgIpc) is 1.68. The fourth-order valence-corrected chi connectivity index (χ4v) is 13.1. The van der Waals surface area contributed by atoms with Gasteiger partial charge in [-0.05, 0) is 12.1 Å². The SMILES string of the molecule is O=S(=O)([O-])c1cccc2c3nc4nc(nc5[nH]c(nc6nc(nc([nH]3)c12)-c1ccccc1-6)c1ccccc51)-c1ccccc1-4.O=S(=O)([O-])c1cccc2c3nc4nc(nc5[nH]c(nc6nc(nc([nH]3)c12)-c1ccccc1-6)c1ccccc51)-c1ccccc1-4.[Zn+2]. The molecule has 4 N–H and O–H groups in total. The van der Waals surface area contributed by atoms with Gasteiger partial charge in [-0.25, -0.2) is 76.6 Å². The Bertz CT molecular complexity index is 5690. The first-order chi connectivity index (χ1) is 42.8. The molecule has 4 aliphatic rings. The molecule has 16 bridgehead atoms. The molecule has 0 saturated heterocycles. The summed E-state index contributed by atoms with van der Waals surface area (Å²) in [5, 5.41) is 4.49. The molecule has 420 valence electrons. The molecule has 0 spiro atoms. The first-order valence-corrected chi connectivity index (χ1v) is 30.0. The van der Waals surface area contributed by atoms with Gasteiger partial charge in [-0.1, -0.05) is 170 Å². The van der Waals surface area contributed by atoms with E-state index in [1.54, 1.807) is 12.1 Å². The number of H-pyrrole nitrogens is 4. The number of benzene rings is 8. The van der Waals surface area contributed by atoms with Crippen LogP contribution < -0.4 is 0 Å². The fraction of sp³-hybridized carbons (Fsp3) is 0. The Morgan fingerprint density at radius 3 is 0.663 bits per heavy atom. The minimum Gasteiger partial charge on any atom is -0.744 e. The van der Waals surface area contributed by atoms with E-state index in [4.69, 9.17) is 59.8 Å². The zero-order valence-corrected chi connectivity index (χ0v) is 50.3. The molecule has 10 heterocycles. The van der Waals surface area contributed by atoms with Crippen molar-refractivity contribution >= 4 is 109 Å². The Kier molecular flexibility index (Phi) is 12.0. The van der Waals surface area contributed by atoms with E-state index in [1.165, 1.54) is 24.3 Å². The number of nitrogens with zero attached hydrogens (tertiary/aromatic N) is 12. The van der Waals surface area contributed by atoms with Crippen molar-refractivity contribution in [3.8, 4) is 91.1 Å². The molecule has 0 radical (unpaired) electrons. The first-order valence-electron chi connectivity index (χ1n) is 27.2. The minimum absolute atomic E-state index is 0. The molecule has 0 atom stereocenters. The van der Waals surface area contributed by atoms with Crippen LogP contribution in [0.3, 0.4) is 0 Å². The number of fused-ring (bicyclic) bond motifs is 40. The zero-order chi connectivity index (χ0) is 59.2. The molecule has 0 aliphatic carbocycles. The van der Waals surface area contributed by atoms with Crippen molar-refractivity contribution in [2.75, 3.05) is 0 Å². The van der Waals surface area contributed by atoms with E-state index in [0.717, 1.165) is 54.9 Å². The Morgan fingerprint density at radius 1 is 0.236 bits per heavy atom. The normalized spacial score (nSPS) is 12.2. The standard InChI is InChI=1S/2C32H18N8O3S.Zn/c2*41-44(42,43)23-15-7-14-22-24(23)32-39-30-21-13-6-5-12-20(21)28(37-30)35-26-17-9-2-1-8-16(17)25(33-26)34-27-18-10-3-4-11-19(18)29(36-27)38-31(22)40-32;/h2*1-15H,(H,41,42,43)(H2,33,34,35,36,37,38,39,40);/q;;+2/p-2. The third-order valence-electron chi connectivity index (χ3n) is 15.6. The molecule has 0 saturated carbocycles. The Labute approximate surface area is 513 Å². The third-order valence-corrected chi connectivity index (χ3v) is 17.4. The largest absolute Gasteiger partial charge is 2.00 e. The van der Waals surface area contributed by atoms with Crippen molar-refractivity contribution in [1.82, 2.24) is 79.7 Å². The van der Waals surface area contributed by atoms with E-state index in [-0.39, 0.29) is 41.5 Å². The van der Waals surface area contributed by atoms with Gasteiger partial charge < -0.3 is 29.0 Å². The number of rotatable bonds is 2. The van der Waals surface area contributed by atoms with Crippen LogP contribution in [-0.2, 0) is 39.7 Å². The summed E-state index contributed by atoms with van der Waals surface area (Å²) in [6.45, 7) is 0. The second kappa shape index (κ2) is 20.0. The topological polar surface area (TPSA) is 332 Å². The van der Waals surface area contributed by atoms with Gasteiger partial charge in [0.2, 0.25) is 0 Å². The van der Waals surface area contributed by atoms with Gasteiger partial charge in [-0.3, -0.25) is 0 Å². The molecule has 0 amide bonds. The summed E-state index contributed by atoms with van der Waals surface area (Å²) in [6.07, 6.45) is 0. The van der Waals surface area contributed by atoms with Crippen molar-refractivity contribution < 1.29 is 45.4 Å². The van der Waals surface area contributed by atoms with Crippen LogP contribution in [0.15, 0.2) is 192 Å². The maximum absolute atomic E-state index is 12.4. The summed E-state index contributed by atoms with van der Waals surface area (Å²) in [7, 11) is -9.73. The van der Waals surface area contributed by atoms with Crippen molar-refractivity contribution in [2.24, 2.45) is 0 Å². The van der Waals surface area contributed by atoms with Crippen LogP contribution >= 0.6 is 0 Å². The van der Waals surface area contributed by atoms with E-state index < -0.39 is 30.0 Å². The summed E-state index contributed by atoms with van der Waals surface area (Å²) in [5.74, 6) is 3.09. The van der Waals surface area contributed by atoms with Crippen molar-refractivity contribution in [2.45, 2.75) is 9.79 Å². The van der Waals surface area contributed by atoms with Crippen LogP contribution in [0.1, 0.15) is 0 Å². The smallest absolute Gasteiger partial charge is 0.744 e. The van der Waals surface area contributed by atoms with Gasteiger partial charge in [0.1, 0.15) is 65.4 Å². The molecule has 4 aliphatic heterocycles. The third kappa shape index (κ3) is 8.69. The van der Waals surface area contributed by atoms with Crippen LogP contribution in [0, 0.1) is 0 Å². The average molecular weight is 1250 g/mol. The molecular formula is C64H34N16O6S2Zn. The van der Waals surface area contributed by atoms with Gasteiger partial charge >= 0.3 is 19.5 Å². The molecule has 6 aromatic heterocycles. The number of hydrogen-bond acceptors (Lipinski definition) is 18. The van der Waals surface area contributed by atoms with Crippen molar-refractivity contribution in [1.29, 1.82) is 0 Å². The molecule has 22 nitrogen and oxygen atoms in total. The van der Waals surface area contributed by atoms with Gasteiger partial charge in [0.15, 0.2) is 46.6 Å². The van der Waals surface area contributed by atoms with Crippen LogP contribution in [0.2, 0.25) is 0 Å². The molecule has 89 heavy (non-hydrogen) atoms. The van der Waals surface area contributed by atoms with Gasteiger partial charge in [0.05, 0.1) is 9.79 Å². The second-order valence-corrected chi connectivity index (χ2v) is 23.5. The molecule has 8 aromatic carbocycles. The number of aromatic nitrogens is 16. The zero-order valence-electron chi connectivity index (χ0n) is 45.7. The number of hydrogen-bond donors (Lipinski definition) is 4. The summed E-state index contributed by atoms with van der Waals surface area (Å²) in [5.41, 5.74) is 9.09. The Hall–Kier alpha value is -11.1. The second-order valence-electron chi connectivity index (χ2n) is 20.8. The van der Waals surface area contributed by atoms with Crippen LogP contribution in [-0.4, -0.2) is 106 Å². The summed E-state index contributed by atoms with van der Waals surface area (Å²) in [6, 6.07) is 54.7. The van der Waals surface area contributed by atoms with Crippen LogP contribution in [0.5, 0.6) is 0 Å². The Balaban J connectivity index is 0.000000141. The van der Waals surface area contributed by atoms with E-state index in [1.807, 2.05) is 146 Å². The van der Waals surface area contributed by atoms with Crippen LogP contribution in [0.25, 0.3) is 179 Å². The number of aromatic amines is 4. The van der Waals surface area contributed by atoms with Crippen molar-refractivity contribution in [3.63, 3.8) is 0 Å². The molecule has 0 fully saturated rings. The van der Waals surface area contributed by atoms with Gasteiger partial charge in [0.25, 0.3) is 0 Å². The van der Waals surface area contributed by atoms with E-state index in [9.17, 15) is 25.9 Å². The maximum atomic E-state index is 12.4. The molecule has 18 rings (SSSR count). The monoisotopic (exact) mass is 1250 g/mol. The predicted octanol–water partition coefficient (Wildman–Crippen LogP) is 11.5. The quantitative estimate of drug-likeness (QED) is 0.0922. The summed E-state index contributed by atoms with van der Waals surface area (Å²) in [4.78, 5) is 70.4. The molecule has 0 unspecified atom stereocenters. The van der Waals surface area contributed by atoms with E-state index in [2.05, 4.69) is 19.9 Å². The van der Waals surface area contributed by atoms with E-state index >= 15 is 0 Å². The minimum atomic E-state index is -4.87. The molecule has 25 heteroatoms. The van der Waals surface area contributed by atoms with Gasteiger partial charge in [-0.15, -0.1) is 0 Å². The van der Waals surface area contributed by atoms with Crippen LogP contribution in [0.4, 0.5) is 0 Å². The predicted molar refractivity (Wildman–Crippen MR) is 328 cm³/mol. The maximum Gasteiger partial charge on any atom is 2.00 e. The summed E-state index contributed by atoms with van der Waals surface area (Å²) < 4.78 is 74.5. The molecular weight excluding hydrogens is 1220 g/mol. The fourth-order valence-electron chi connectivity index (χ4n) is 11.7. The van der Waals surface area contributed by atoms with Crippen molar-refractivity contribution in [3.05, 3.63) is 182 Å². The summed E-state index contributed by atoms with van der Waals surface area (Å²) >= 11 is 0. The first kappa shape index (κ1) is 53.4. The molecule has 14 aromatic rings. The van der Waals surface area contributed by atoms with Gasteiger partial charge in [-0.2, -0.15) is 0 Å². The Morgan fingerprint density at radius 2 is 0.427 bits per heavy atom. The van der Waals surface area contributed by atoms with Gasteiger partial charge in [0, 0.05) is 87.6 Å². The number of nitrogens with one attached hydrogen (secondary N) is 4. The van der Waals surface area contributed by atoms with E-state index in [0.29, 0.717) is 102 Å².